The maximum absolute atomic E-state index is 13.0. The zero-order chi connectivity index (χ0) is 16.4. The van der Waals surface area contributed by atoms with E-state index in [0.29, 0.717) is 4.90 Å². The molecule has 0 aliphatic rings. The van der Waals surface area contributed by atoms with Gasteiger partial charge in [0.25, 0.3) is 10.0 Å². The zero-order valence-corrected chi connectivity index (χ0v) is 14.4. The third kappa shape index (κ3) is 3.56. The molecule has 22 heavy (non-hydrogen) atoms. The summed E-state index contributed by atoms with van der Waals surface area (Å²) in [5.74, 6) is 0.140. The predicted molar refractivity (Wildman–Crippen MR) is 88.9 cm³/mol. The van der Waals surface area contributed by atoms with Crippen LogP contribution >= 0.6 is 0 Å². The molecule has 118 valence electrons. The Hall–Kier alpha value is -1.66. The van der Waals surface area contributed by atoms with Crippen LogP contribution in [0.4, 0.5) is 0 Å². The normalized spacial score (nSPS) is 14.3. The lowest BCUT2D eigenvalue weighted by Crippen LogP contribution is -2.09. The van der Waals surface area contributed by atoms with Crippen molar-refractivity contribution in [3.63, 3.8) is 0 Å². The maximum Gasteiger partial charge on any atom is 0.290 e. The van der Waals surface area contributed by atoms with Gasteiger partial charge in [0.05, 0.1) is 14.6 Å². The summed E-state index contributed by atoms with van der Waals surface area (Å²) in [4.78, 5) is 0.502. The van der Waals surface area contributed by atoms with Crippen molar-refractivity contribution in [3.8, 4) is 0 Å². The first-order valence-electron chi connectivity index (χ1n) is 6.91. The molecule has 0 aliphatic carbocycles. The van der Waals surface area contributed by atoms with Gasteiger partial charge in [-0.1, -0.05) is 42.3 Å². The Labute approximate surface area is 132 Å². The minimum Gasteiger partial charge on any atom is -0.244 e. The fourth-order valence-corrected chi connectivity index (χ4v) is 5.68. The smallest absolute Gasteiger partial charge is 0.244 e. The highest BCUT2D eigenvalue weighted by Gasteiger charge is 2.19. The number of rotatable bonds is 4. The van der Waals surface area contributed by atoms with Gasteiger partial charge in [0.2, 0.25) is 0 Å². The minimum absolute atomic E-state index is 0.0615. The summed E-state index contributed by atoms with van der Waals surface area (Å²) in [6.07, 6.45) is 0. The van der Waals surface area contributed by atoms with Crippen LogP contribution in [0.25, 0.3) is 0 Å². The van der Waals surface area contributed by atoms with Gasteiger partial charge < -0.3 is 0 Å². The van der Waals surface area contributed by atoms with Gasteiger partial charge in [0.1, 0.15) is 0 Å². The molecule has 0 radical (unpaired) electrons. The monoisotopic (exact) mass is 337 g/mol. The highest BCUT2D eigenvalue weighted by molar-refractivity contribution is 8.03. The van der Waals surface area contributed by atoms with E-state index in [1.165, 1.54) is 12.1 Å². The van der Waals surface area contributed by atoms with Gasteiger partial charge in [-0.25, -0.2) is 4.21 Å². The molecule has 0 saturated heterocycles. The average molecular weight is 337 g/mol. The van der Waals surface area contributed by atoms with Crippen LogP contribution in [0.3, 0.4) is 0 Å². The summed E-state index contributed by atoms with van der Waals surface area (Å²) in [7, 11) is -6.96. The van der Waals surface area contributed by atoms with Crippen molar-refractivity contribution in [2.75, 3.05) is 5.75 Å². The number of hydrogen-bond acceptors (Lipinski definition) is 3. The number of nitrogens with zero attached hydrogens (tertiary/aromatic N) is 1. The Morgan fingerprint density at radius 2 is 1.18 bits per heavy atom. The Kier molecular flexibility index (Phi) is 4.72. The van der Waals surface area contributed by atoms with Crippen molar-refractivity contribution in [1.29, 1.82) is 0 Å². The van der Waals surface area contributed by atoms with Crippen molar-refractivity contribution < 1.29 is 12.6 Å². The molecule has 0 fully saturated rings. The lowest BCUT2D eigenvalue weighted by Gasteiger charge is -2.09. The van der Waals surface area contributed by atoms with Gasteiger partial charge in [-0.05, 0) is 38.1 Å². The largest absolute Gasteiger partial charge is 0.290 e. The van der Waals surface area contributed by atoms with Crippen LogP contribution in [0.2, 0.25) is 0 Å². The first-order valence-corrected chi connectivity index (χ1v) is 10.0. The molecule has 0 unspecified atom stereocenters. The highest BCUT2D eigenvalue weighted by atomic mass is 32.3. The summed E-state index contributed by atoms with van der Waals surface area (Å²) in [6, 6.07) is 13.3. The van der Waals surface area contributed by atoms with Crippen molar-refractivity contribution in [2.45, 2.75) is 30.6 Å². The number of hydrogen-bond donors (Lipinski definition) is 0. The molecule has 6 heteroatoms. The van der Waals surface area contributed by atoms with Crippen molar-refractivity contribution in [1.82, 2.24) is 0 Å². The van der Waals surface area contributed by atoms with E-state index in [4.69, 9.17) is 0 Å². The quantitative estimate of drug-likeness (QED) is 0.857. The molecule has 2 aromatic rings. The van der Waals surface area contributed by atoms with Crippen LogP contribution in [-0.4, -0.2) is 18.4 Å². The number of sulfonamides is 1. The van der Waals surface area contributed by atoms with E-state index < -0.39 is 19.8 Å². The minimum atomic E-state index is -3.96. The molecular formula is C16H19NO3S2. The van der Waals surface area contributed by atoms with Crippen molar-refractivity contribution in [2.24, 2.45) is 3.77 Å². The summed E-state index contributed by atoms with van der Waals surface area (Å²) >= 11 is 0. The molecule has 4 nitrogen and oxygen atoms in total. The molecule has 0 amide bonds. The van der Waals surface area contributed by atoms with E-state index >= 15 is 0 Å². The summed E-state index contributed by atoms with van der Waals surface area (Å²) in [5, 5.41) is 0. The summed E-state index contributed by atoms with van der Waals surface area (Å²) in [5.41, 5.74) is 1.97. The zero-order valence-electron chi connectivity index (χ0n) is 12.8. The topological polar surface area (TPSA) is 63.6 Å². The highest BCUT2D eigenvalue weighted by Crippen LogP contribution is 2.21. The fourth-order valence-electron chi connectivity index (χ4n) is 1.93. The third-order valence-electron chi connectivity index (χ3n) is 3.32. The van der Waals surface area contributed by atoms with Crippen molar-refractivity contribution in [3.05, 3.63) is 59.7 Å². The molecule has 0 spiro atoms. The van der Waals surface area contributed by atoms with E-state index in [0.717, 1.165) is 11.1 Å². The van der Waals surface area contributed by atoms with Gasteiger partial charge >= 0.3 is 0 Å². The standard InChI is InChI=1S/C16H19NO3S2/c1-4-21(18,15-9-5-13(2)6-10-15)17-22(19,20)16-11-7-14(3)8-12-16/h5-12H,4H2,1-3H3/t21-/m0/s1. The van der Waals surface area contributed by atoms with E-state index in [2.05, 4.69) is 3.77 Å². The Bertz CT molecular complexity index is 874. The summed E-state index contributed by atoms with van der Waals surface area (Å²) in [6.45, 7) is 5.46. The third-order valence-corrected chi connectivity index (χ3v) is 7.73. The molecule has 0 bridgehead atoms. The second-order valence-electron chi connectivity index (χ2n) is 5.10. The number of benzene rings is 2. The average Bonchev–Trinajstić information content (AvgIpc) is 2.47. The van der Waals surface area contributed by atoms with Crippen LogP contribution < -0.4 is 0 Å². The molecule has 0 heterocycles. The van der Waals surface area contributed by atoms with Gasteiger partial charge in [0.15, 0.2) is 0 Å². The lowest BCUT2D eigenvalue weighted by atomic mass is 10.2. The van der Waals surface area contributed by atoms with Gasteiger partial charge in [-0.3, -0.25) is 0 Å². The van der Waals surface area contributed by atoms with Crippen LogP contribution in [0.15, 0.2) is 62.1 Å². The van der Waals surface area contributed by atoms with E-state index in [9.17, 15) is 12.6 Å². The van der Waals surface area contributed by atoms with E-state index in [-0.39, 0.29) is 10.6 Å². The van der Waals surface area contributed by atoms with Crippen LogP contribution in [0.1, 0.15) is 18.1 Å². The SMILES string of the molecule is CC[S@@](=O)(=NS(=O)(=O)c1ccc(C)cc1)c1ccc(C)cc1. The molecule has 0 N–H and O–H groups in total. The molecule has 1 atom stereocenters. The maximum atomic E-state index is 13.0. The molecular weight excluding hydrogens is 318 g/mol. The van der Waals surface area contributed by atoms with Crippen LogP contribution in [0.5, 0.6) is 0 Å². The second-order valence-corrected chi connectivity index (χ2v) is 9.45. The van der Waals surface area contributed by atoms with Crippen LogP contribution in [-0.2, 0) is 19.8 Å². The first kappa shape index (κ1) is 16.7. The molecule has 0 aromatic heterocycles. The fraction of sp³-hybridized carbons (Fsp3) is 0.250. The summed E-state index contributed by atoms with van der Waals surface area (Å²) < 4.78 is 41.6. The van der Waals surface area contributed by atoms with E-state index in [1.807, 2.05) is 13.8 Å². The second kappa shape index (κ2) is 6.22. The molecule has 2 rings (SSSR count). The van der Waals surface area contributed by atoms with E-state index in [1.54, 1.807) is 43.3 Å². The molecule has 0 aliphatic heterocycles. The Balaban J connectivity index is 2.58. The van der Waals surface area contributed by atoms with Gasteiger partial charge in [-0.2, -0.15) is 8.42 Å². The number of aryl methyl sites for hydroxylation is 2. The lowest BCUT2D eigenvalue weighted by molar-refractivity contribution is 0.598. The molecule has 2 aromatic carbocycles. The predicted octanol–water partition coefficient (Wildman–Crippen LogP) is 3.54. The Morgan fingerprint density at radius 3 is 1.59 bits per heavy atom. The van der Waals surface area contributed by atoms with Gasteiger partial charge in [0, 0.05) is 10.6 Å². The molecule has 0 saturated carbocycles. The first-order chi connectivity index (χ1) is 10.3. The van der Waals surface area contributed by atoms with Gasteiger partial charge in [-0.15, -0.1) is 3.77 Å². The van der Waals surface area contributed by atoms with Crippen LogP contribution in [0, 0.1) is 13.8 Å². The van der Waals surface area contributed by atoms with Crippen molar-refractivity contribution >= 4 is 19.8 Å². The Morgan fingerprint density at radius 1 is 0.773 bits per heavy atom.